The highest BCUT2D eigenvalue weighted by atomic mass is 79.9. The molecular weight excluding hydrogens is 368 g/mol. The van der Waals surface area contributed by atoms with E-state index >= 15 is 0 Å². The molecule has 1 aliphatic carbocycles. The van der Waals surface area contributed by atoms with Crippen LogP contribution >= 0.6 is 15.9 Å². The SMILES string of the molecule is Cc1cccc(C)c1NC(=O)C1(C(=O)Nc2ccccc2Br)CC1. The number of hydrogen-bond donors (Lipinski definition) is 2. The van der Waals surface area contributed by atoms with Gasteiger partial charge in [-0.25, -0.2) is 0 Å². The minimum Gasteiger partial charge on any atom is -0.325 e. The molecule has 1 saturated carbocycles. The lowest BCUT2D eigenvalue weighted by atomic mass is 10.0. The van der Waals surface area contributed by atoms with Gasteiger partial charge in [-0.3, -0.25) is 9.59 Å². The minimum atomic E-state index is -0.968. The van der Waals surface area contributed by atoms with E-state index < -0.39 is 5.41 Å². The Morgan fingerprint density at radius 1 is 0.917 bits per heavy atom. The van der Waals surface area contributed by atoms with Crippen molar-refractivity contribution in [2.75, 3.05) is 10.6 Å². The molecule has 24 heavy (non-hydrogen) atoms. The van der Waals surface area contributed by atoms with Gasteiger partial charge in [-0.15, -0.1) is 0 Å². The molecule has 2 N–H and O–H groups in total. The summed E-state index contributed by atoms with van der Waals surface area (Å²) in [7, 11) is 0. The lowest BCUT2D eigenvalue weighted by molar-refractivity contribution is -0.131. The van der Waals surface area contributed by atoms with Gasteiger partial charge in [0.15, 0.2) is 0 Å². The van der Waals surface area contributed by atoms with Gasteiger partial charge >= 0.3 is 0 Å². The van der Waals surface area contributed by atoms with Crippen LogP contribution in [0.2, 0.25) is 0 Å². The summed E-state index contributed by atoms with van der Waals surface area (Å²) in [6, 6.07) is 13.2. The number of hydrogen-bond acceptors (Lipinski definition) is 2. The Morgan fingerprint density at radius 2 is 1.50 bits per heavy atom. The largest absolute Gasteiger partial charge is 0.325 e. The topological polar surface area (TPSA) is 58.2 Å². The molecule has 0 saturated heterocycles. The van der Waals surface area contributed by atoms with Crippen LogP contribution in [0.25, 0.3) is 0 Å². The molecule has 0 atom stereocenters. The zero-order valence-corrected chi connectivity index (χ0v) is 15.2. The van der Waals surface area contributed by atoms with Crippen LogP contribution in [0.5, 0.6) is 0 Å². The van der Waals surface area contributed by atoms with E-state index in [1.807, 2.05) is 56.3 Å². The third kappa shape index (κ3) is 3.08. The van der Waals surface area contributed by atoms with Crippen molar-refractivity contribution >= 4 is 39.1 Å². The van der Waals surface area contributed by atoms with Crippen molar-refractivity contribution in [3.63, 3.8) is 0 Å². The van der Waals surface area contributed by atoms with Crippen molar-refractivity contribution in [2.45, 2.75) is 26.7 Å². The maximum atomic E-state index is 12.7. The first-order valence-electron chi connectivity index (χ1n) is 7.88. The Balaban J connectivity index is 1.77. The highest BCUT2D eigenvalue weighted by molar-refractivity contribution is 9.10. The number of para-hydroxylation sites is 2. The van der Waals surface area contributed by atoms with Gasteiger partial charge in [-0.1, -0.05) is 30.3 Å². The number of carbonyl (C=O) groups excluding carboxylic acids is 2. The lowest BCUT2D eigenvalue weighted by Crippen LogP contribution is -2.36. The van der Waals surface area contributed by atoms with Crippen LogP contribution in [-0.2, 0) is 9.59 Å². The quantitative estimate of drug-likeness (QED) is 0.763. The van der Waals surface area contributed by atoms with Crippen LogP contribution in [0.1, 0.15) is 24.0 Å². The standard InChI is InChI=1S/C19H19BrN2O2/c1-12-6-5-7-13(2)16(12)22-18(24)19(10-11-19)17(23)21-15-9-4-3-8-14(15)20/h3-9H,10-11H2,1-2H3,(H,21,23)(H,22,24). The van der Waals surface area contributed by atoms with Gasteiger partial charge in [0.1, 0.15) is 5.41 Å². The molecule has 1 fully saturated rings. The van der Waals surface area contributed by atoms with Crippen molar-refractivity contribution < 1.29 is 9.59 Å². The number of benzene rings is 2. The molecule has 0 bridgehead atoms. The molecule has 124 valence electrons. The molecule has 5 heteroatoms. The van der Waals surface area contributed by atoms with Crippen LogP contribution in [0, 0.1) is 19.3 Å². The molecule has 0 unspecified atom stereocenters. The lowest BCUT2D eigenvalue weighted by Gasteiger charge is -2.18. The van der Waals surface area contributed by atoms with Crippen LogP contribution in [-0.4, -0.2) is 11.8 Å². The predicted octanol–water partition coefficient (Wildman–Crippen LogP) is 4.42. The molecular formula is C19H19BrN2O2. The molecule has 2 amide bonds. The Hall–Kier alpha value is -2.14. The summed E-state index contributed by atoms with van der Waals surface area (Å²) in [5.41, 5.74) is 2.48. The molecule has 2 aromatic carbocycles. The van der Waals surface area contributed by atoms with Crippen molar-refractivity contribution in [1.82, 2.24) is 0 Å². The van der Waals surface area contributed by atoms with E-state index in [9.17, 15) is 9.59 Å². The third-order valence-corrected chi connectivity index (χ3v) is 5.15. The molecule has 0 aliphatic heterocycles. The summed E-state index contributed by atoms with van der Waals surface area (Å²) in [5, 5.41) is 5.81. The van der Waals surface area contributed by atoms with E-state index in [1.165, 1.54) is 0 Å². The van der Waals surface area contributed by atoms with E-state index in [4.69, 9.17) is 0 Å². The van der Waals surface area contributed by atoms with Crippen LogP contribution in [0.3, 0.4) is 0 Å². The molecule has 2 aromatic rings. The van der Waals surface area contributed by atoms with E-state index in [0.717, 1.165) is 21.3 Å². The molecule has 4 nitrogen and oxygen atoms in total. The summed E-state index contributed by atoms with van der Waals surface area (Å²) < 4.78 is 0.796. The summed E-state index contributed by atoms with van der Waals surface area (Å²) in [6.07, 6.45) is 1.14. The highest BCUT2D eigenvalue weighted by Gasteiger charge is 2.56. The van der Waals surface area contributed by atoms with Gasteiger partial charge in [0.25, 0.3) is 0 Å². The van der Waals surface area contributed by atoms with Crippen LogP contribution < -0.4 is 10.6 Å². The van der Waals surface area contributed by atoms with Gasteiger partial charge in [0.05, 0.1) is 5.69 Å². The van der Waals surface area contributed by atoms with E-state index in [2.05, 4.69) is 26.6 Å². The van der Waals surface area contributed by atoms with Gasteiger partial charge < -0.3 is 10.6 Å². The van der Waals surface area contributed by atoms with E-state index in [0.29, 0.717) is 18.5 Å². The van der Waals surface area contributed by atoms with Gasteiger partial charge in [-0.2, -0.15) is 0 Å². The second-order valence-corrected chi connectivity index (χ2v) is 7.09. The Bertz CT molecular complexity index is 793. The second-order valence-electron chi connectivity index (χ2n) is 6.24. The third-order valence-electron chi connectivity index (χ3n) is 4.46. The zero-order chi connectivity index (χ0) is 17.3. The molecule has 1 aliphatic rings. The fourth-order valence-electron chi connectivity index (χ4n) is 2.73. The number of nitrogens with one attached hydrogen (secondary N) is 2. The van der Waals surface area contributed by atoms with E-state index in [1.54, 1.807) is 0 Å². The number of aryl methyl sites for hydroxylation is 2. The average Bonchev–Trinajstić information content (AvgIpc) is 3.35. The fraction of sp³-hybridized carbons (Fsp3) is 0.263. The van der Waals surface area contributed by atoms with Crippen LogP contribution in [0.15, 0.2) is 46.9 Å². The molecule has 0 radical (unpaired) electrons. The normalized spacial score (nSPS) is 14.8. The minimum absolute atomic E-state index is 0.232. The monoisotopic (exact) mass is 386 g/mol. The van der Waals surface area contributed by atoms with Crippen molar-refractivity contribution in [1.29, 1.82) is 0 Å². The maximum Gasteiger partial charge on any atom is 0.240 e. The van der Waals surface area contributed by atoms with Crippen molar-refractivity contribution in [2.24, 2.45) is 5.41 Å². The Morgan fingerprint density at radius 3 is 2.08 bits per heavy atom. The average molecular weight is 387 g/mol. The number of amides is 2. The number of carbonyl (C=O) groups is 2. The first-order valence-corrected chi connectivity index (χ1v) is 8.67. The number of halogens is 1. The number of anilines is 2. The van der Waals surface area contributed by atoms with Gasteiger partial charge in [0, 0.05) is 10.2 Å². The predicted molar refractivity (Wildman–Crippen MR) is 99.0 cm³/mol. The maximum absolute atomic E-state index is 12.7. The summed E-state index contributed by atoms with van der Waals surface area (Å²) in [6.45, 7) is 3.90. The van der Waals surface area contributed by atoms with Gasteiger partial charge in [-0.05, 0) is 65.9 Å². The van der Waals surface area contributed by atoms with E-state index in [-0.39, 0.29) is 11.8 Å². The molecule has 0 spiro atoms. The Kier molecular flexibility index (Phi) is 4.45. The number of rotatable bonds is 4. The summed E-state index contributed by atoms with van der Waals surface area (Å²) >= 11 is 3.41. The summed E-state index contributed by atoms with van der Waals surface area (Å²) in [5.74, 6) is -0.484. The van der Waals surface area contributed by atoms with Crippen molar-refractivity contribution in [3.8, 4) is 0 Å². The zero-order valence-electron chi connectivity index (χ0n) is 13.7. The second kappa shape index (κ2) is 6.40. The first kappa shape index (κ1) is 16.7. The van der Waals surface area contributed by atoms with Gasteiger partial charge in [0.2, 0.25) is 11.8 Å². The molecule has 0 heterocycles. The smallest absolute Gasteiger partial charge is 0.240 e. The molecule has 3 rings (SSSR count). The highest BCUT2D eigenvalue weighted by Crippen LogP contribution is 2.48. The Labute approximate surface area is 149 Å². The fourth-order valence-corrected chi connectivity index (χ4v) is 3.12. The first-order chi connectivity index (χ1) is 11.4. The van der Waals surface area contributed by atoms with Crippen molar-refractivity contribution in [3.05, 3.63) is 58.1 Å². The summed E-state index contributed by atoms with van der Waals surface area (Å²) in [4.78, 5) is 25.4. The van der Waals surface area contributed by atoms with Crippen LogP contribution in [0.4, 0.5) is 11.4 Å². The molecule has 0 aromatic heterocycles.